The van der Waals surface area contributed by atoms with E-state index in [-0.39, 0.29) is 17.7 Å². The van der Waals surface area contributed by atoms with Crippen LogP contribution in [0.4, 0.5) is 5.69 Å². The van der Waals surface area contributed by atoms with E-state index in [9.17, 15) is 14.7 Å². The van der Waals surface area contributed by atoms with Crippen LogP contribution in [0.15, 0.2) is 24.3 Å². The number of nitrogens with one attached hydrogen (secondary N) is 2. The number of hydrogen-bond donors (Lipinski definition) is 3. The number of amides is 2. The van der Waals surface area contributed by atoms with Crippen molar-refractivity contribution in [2.75, 3.05) is 11.9 Å². The van der Waals surface area contributed by atoms with Gasteiger partial charge in [0, 0.05) is 23.7 Å². The maximum Gasteiger partial charge on any atom is 0.251 e. The van der Waals surface area contributed by atoms with Crippen molar-refractivity contribution in [1.82, 2.24) is 5.32 Å². The number of aliphatic hydroxyl groups is 1. The largest absolute Gasteiger partial charge is 0.388 e. The SMILES string of the molecule is O=C(NCC1(O)CCC1)c1ccc(NC(=O)C2CC2)cc1. The van der Waals surface area contributed by atoms with Gasteiger partial charge in [-0.1, -0.05) is 0 Å². The molecule has 0 aliphatic heterocycles. The van der Waals surface area contributed by atoms with Crippen LogP contribution in [0.25, 0.3) is 0 Å². The van der Waals surface area contributed by atoms with Crippen molar-refractivity contribution < 1.29 is 14.7 Å². The Bertz CT molecular complexity index is 545. The van der Waals surface area contributed by atoms with Crippen LogP contribution in [-0.4, -0.2) is 29.1 Å². The van der Waals surface area contributed by atoms with Gasteiger partial charge >= 0.3 is 0 Å². The van der Waals surface area contributed by atoms with E-state index < -0.39 is 5.60 Å². The summed E-state index contributed by atoms with van der Waals surface area (Å²) in [6, 6.07) is 6.83. The average Bonchev–Trinajstić information content (AvgIpc) is 3.28. The van der Waals surface area contributed by atoms with E-state index in [1.54, 1.807) is 24.3 Å². The minimum Gasteiger partial charge on any atom is -0.388 e. The lowest BCUT2D eigenvalue weighted by Gasteiger charge is -2.36. The first-order valence-electron chi connectivity index (χ1n) is 7.47. The van der Waals surface area contributed by atoms with Crippen LogP contribution >= 0.6 is 0 Å². The fraction of sp³-hybridized carbons (Fsp3) is 0.500. The molecule has 1 aromatic carbocycles. The summed E-state index contributed by atoms with van der Waals surface area (Å²) in [5.74, 6) is 0.0194. The Hall–Kier alpha value is -1.88. The zero-order chi connectivity index (χ0) is 14.9. The second kappa shape index (κ2) is 5.48. The lowest BCUT2D eigenvalue weighted by Crippen LogP contribution is -2.47. The van der Waals surface area contributed by atoms with Crippen LogP contribution in [0.5, 0.6) is 0 Å². The molecular weight excluding hydrogens is 268 g/mol. The summed E-state index contributed by atoms with van der Waals surface area (Å²) in [6.45, 7) is 0.298. The van der Waals surface area contributed by atoms with E-state index in [1.165, 1.54) is 0 Å². The third kappa shape index (κ3) is 3.42. The minimum absolute atomic E-state index is 0.0550. The molecule has 0 unspecified atom stereocenters. The van der Waals surface area contributed by atoms with Gasteiger partial charge < -0.3 is 15.7 Å². The van der Waals surface area contributed by atoms with Crippen LogP contribution in [0.3, 0.4) is 0 Å². The number of anilines is 1. The maximum absolute atomic E-state index is 12.0. The molecule has 3 rings (SSSR count). The molecule has 0 atom stereocenters. The normalized spacial score (nSPS) is 19.5. The Morgan fingerprint density at radius 3 is 2.38 bits per heavy atom. The van der Waals surface area contributed by atoms with Crippen molar-refractivity contribution in [2.45, 2.75) is 37.7 Å². The molecule has 0 aromatic heterocycles. The predicted molar refractivity (Wildman–Crippen MR) is 78.9 cm³/mol. The highest BCUT2D eigenvalue weighted by atomic mass is 16.3. The van der Waals surface area contributed by atoms with E-state index in [0.717, 1.165) is 32.1 Å². The molecule has 21 heavy (non-hydrogen) atoms. The molecule has 0 bridgehead atoms. The summed E-state index contributed by atoms with van der Waals surface area (Å²) >= 11 is 0. The van der Waals surface area contributed by atoms with Crippen molar-refractivity contribution in [3.05, 3.63) is 29.8 Å². The van der Waals surface area contributed by atoms with Crippen molar-refractivity contribution >= 4 is 17.5 Å². The lowest BCUT2D eigenvalue weighted by molar-refractivity contribution is -0.117. The molecule has 5 heteroatoms. The zero-order valence-corrected chi connectivity index (χ0v) is 11.9. The molecule has 0 radical (unpaired) electrons. The molecular formula is C16H20N2O3. The van der Waals surface area contributed by atoms with Gasteiger partial charge in [-0.3, -0.25) is 9.59 Å². The van der Waals surface area contributed by atoms with Crippen molar-refractivity contribution in [3.63, 3.8) is 0 Å². The smallest absolute Gasteiger partial charge is 0.251 e. The molecule has 2 aliphatic rings. The summed E-state index contributed by atoms with van der Waals surface area (Å²) in [5.41, 5.74) is 0.525. The van der Waals surface area contributed by atoms with E-state index in [4.69, 9.17) is 0 Å². The topological polar surface area (TPSA) is 78.4 Å². The number of carbonyl (C=O) groups is 2. The van der Waals surface area contributed by atoms with Gasteiger partial charge in [0.1, 0.15) is 0 Å². The van der Waals surface area contributed by atoms with E-state index in [2.05, 4.69) is 10.6 Å². The number of benzene rings is 1. The molecule has 2 fully saturated rings. The van der Waals surface area contributed by atoms with Gasteiger partial charge in [0.15, 0.2) is 0 Å². The summed E-state index contributed by atoms with van der Waals surface area (Å²) in [4.78, 5) is 23.6. The molecule has 3 N–H and O–H groups in total. The van der Waals surface area contributed by atoms with Crippen LogP contribution in [0, 0.1) is 5.92 Å². The summed E-state index contributed by atoms with van der Waals surface area (Å²) in [7, 11) is 0. The van der Waals surface area contributed by atoms with Crippen molar-refractivity contribution in [2.24, 2.45) is 5.92 Å². The van der Waals surface area contributed by atoms with Gasteiger partial charge in [0.05, 0.1) is 5.60 Å². The van der Waals surface area contributed by atoms with Crippen molar-refractivity contribution in [3.8, 4) is 0 Å². The standard InChI is InChI=1S/C16H20N2O3/c19-14(17-10-16(21)8-1-9-16)11-4-6-13(7-5-11)18-15(20)12-2-3-12/h4-7,12,21H,1-3,8-10H2,(H,17,19)(H,18,20). The fourth-order valence-electron chi connectivity index (χ4n) is 2.40. The van der Waals surface area contributed by atoms with Crippen LogP contribution in [0.1, 0.15) is 42.5 Å². The third-order valence-corrected chi connectivity index (χ3v) is 4.23. The fourth-order valence-corrected chi connectivity index (χ4v) is 2.40. The first-order chi connectivity index (χ1) is 10.1. The van der Waals surface area contributed by atoms with Gasteiger partial charge in [0.25, 0.3) is 5.91 Å². The highest BCUT2D eigenvalue weighted by molar-refractivity contribution is 5.96. The molecule has 2 saturated carbocycles. The van der Waals surface area contributed by atoms with Gasteiger partial charge in [-0.05, 0) is 56.4 Å². The molecule has 2 aliphatic carbocycles. The Morgan fingerprint density at radius 2 is 1.86 bits per heavy atom. The molecule has 2 amide bonds. The molecule has 0 heterocycles. The Labute approximate surface area is 123 Å². The highest BCUT2D eigenvalue weighted by Crippen LogP contribution is 2.31. The Morgan fingerprint density at radius 1 is 1.19 bits per heavy atom. The monoisotopic (exact) mass is 288 g/mol. The zero-order valence-electron chi connectivity index (χ0n) is 11.9. The predicted octanol–water partition coefficient (Wildman–Crippen LogP) is 1.68. The first-order valence-corrected chi connectivity index (χ1v) is 7.47. The van der Waals surface area contributed by atoms with Gasteiger partial charge in [0.2, 0.25) is 5.91 Å². The summed E-state index contributed by atoms with van der Waals surface area (Å²) < 4.78 is 0. The number of rotatable bonds is 5. The van der Waals surface area contributed by atoms with Gasteiger partial charge in [-0.15, -0.1) is 0 Å². The average molecular weight is 288 g/mol. The quantitative estimate of drug-likeness (QED) is 0.771. The molecule has 5 nitrogen and oxygen atoms in total. The Balaban J connectivity index is 1.52. The van der Waals surface area contributed by atoms with Crippen LogP contribution < -0.4 is 10.6 Å². The Kier molecular flexibility index (Phi) is 3.68. The number of carbonyl (C=O) groups excluding carboxylic acids is 2. The van der Waals surface area contributed by atoms with E-state index in [0.29, 0.717) is 17.8 Å². The van der Waals surface area contributed by atoms with Crippen LogP contribution in [0.2, 0.25) is 0 Å². The summed E-state index contributed by atoms with van der Waals surface area (Å²) in [6.07, 6.45) is 4.45. The second-order valence-electron chi connectivity index (χ2n) is 6.10. The van der Waals surface area contributed by atoms with E-state index >= 15 is 0 Å². The van der Waals surface area contributed by atoms with E-state index in [1.807, 2.05) is 0 Å². The minimum atomic E-state index is -0.714. The summed E-state index contributed by atoms with van der Waals surface area (Å²) in [5, 5.41) is 15.5. The van der Waals surface area contributed by atoms with Crippen molar-refractivity contribution in [1.29, 1.82) is 0 Å². The highest BCUT2D eigenvalue weighted by Gasteiger charge is 2.34. The first kappa shape index (κ1) is 14.1. The van der Waals surface area contributed by atoms with Gasteiger partial charge in [-0.2, -0.15) is 0 Å². The molecule has 112 valence electrons. The molecule has 1 aromatic rings. The number of hydrogen-bond acceptors (Lipinski definition) is 3. The van der Waals surface area contributed by atoms with Gasteiger partial charge in [-0.25, -0.2) is 0 Å². The van der Waals surface area contributed by atoms with Crippen LogP contribution in [-0.2, 0) is 4.79 Å². The molecule has 0 spiro atoms. The molecule has 0 saturated heterocycles. The lowest BCUT2D eigenvalue weighted by atomic mass is 9.80. The maximum atomic E-state index is 12.0. The third-order valence-electron chi connectivity index (χ3n) is 4.23. The second-order valence-corrected chi connectivity index (χ2v) is 6.10.